The van der Waals surface area contributed by atoms with Crippen LogP contribution < -0.4 is 4.72 Å². The molecule has 2 aromatic carbocycles. The van der Waals surface area contributed by atoms with Crippen molar-refractivity contribution in [1.29, 1.82) is 5.26 Å². The number of nitrogens with zero attached hydrogens (tertiary/aromatic N) is 2. The first-order chi connectivity index (χ1) is 11.5. The normalized spacial score (nSPS) is 11.0. The van der Waals surface area contributed by atoms with Gasteiger partial charge in [-0.25, -0.2) is 8.42 Å². The molecule has 0 saturated carbocycles. The number of hydrogen-bond donors (Lipinski definition) is 1. The third kappa shape index (κ3) is 3.00. The van der Waals surface area contributed by atoms with Crippen LogP contribution >= 0.6 is 0 Å². The van der Waals surface area contributed by atoms with Crippen LogP contribution in [0.2, 0.25) is 0 Å². The van der Waals surface area contributed by atoms with Crippen LogP contribution in [-0.4, -0.2) is 13.6 Å². The molecule has 0 saturated heterocycles. The van der Waals surface area contributed by atoms with Crippen LogP contribution in [0.3, 0.4) is 0 Å². The van der Waals surface area contributed by atoms with E-state index in [1.54, 1.807) is 49.4 Å². The highest BCUT2D eigenvalue weighted by Gasteiger charge is 2.21. The number of aromatic nitrogens is 1. The van der Waals surface area contributed by atoms with E-state index >= 15 is 0 Å². The molecule has 0 aliphatic carbocycles. The highest BCUT2D eigenvalue weighted by Crippen LogP contribution is 2.31. The van der Waals surface area contributed by atoms with E-state index in [0.717, 1.165) is 0 Å². The highest BCUT2D eigenvalue weighted by molar-refractivity contribution is 7.92. The van der Waals surface area contributed by atoms with Crippen molar-refractivity contribution in [2.24, 2.45) is 0 Å². The van der Waals surface area contributed by atoms with Gasteiger partial charge < -0.3 is 4.52 Å². The molecule has 0 aliphatic heterocycles. The van der Waals surface area contributed by atoms with Gasteiger partial charge in [-0.2, -0.15) is 5.26 Å². The van der Waals surface area contributed by atoms with Gasteiger partial charge in [0, 0.05) is 5.56 Å². The van der Waals surface area contributed by atoms with E-state index < -0.39 is 10.0 Å². The Kier molecular flexibility index (Phi) is 4.06. The molecule has 1 N–H and O–H groups in total. The predicted octanol–water partition coefficient (Wildman–Crippen LogP) is 3.32. The molecule has 0 unspecified atom stereocenters. The molecule has 0 atom stereocenters. The zero-order chi connectivity index (χ0) is 17.2. The average Bonchev–Trinajstić information content (AvgIpc) is 2.96. The van der Waals surface area contributed by atoms with Crippen LogP contribution in [0.4, 0.5) is 5.69 Å². The molecule has 0 bridgehead atoms. The number of nitriles is 1. The summed E-state index contributed by atoms with van der Waals surface area (Å²) in [4.78, 5) is 0.149. The Bertz CT molecular complexity index is 1000. The number of sulfonamides is 1. The van der Waals surface area contributed by atoms with Crippen molar-refractivity contribution in [1.82, 2.24) is 5.16 Å². The molecule has 0 aliphatic rings. The molecule has 24 heavy (non-hydrogen) atoms. The first-order valence-corrected chi connectivity index (χ1v) is 8.54. The second-order valence-electron chi connectivity index (χ2n) is 5.07. The Balaban J connectivity index is 2.00. The Morgan fingerprint density at radius 1 is 1.08 bits per heavy atom. The summed E-state index contributed by atoms with van der Waals surface area (Å²) in [6.45, 7) is 1.63. The molecule has 3 aromatic rings. The molecule has 0 amide bonds. The number of hydrogen-bond acceptors (Lipinski definition) is 5. The first kappa shape index (κ1) is 15.8. The van der Waals surface area contributed by atoms with Gasteiger partial charge in [0.05, 0.1) is 16.5 Å². The zero-order valence-corrected chi connectivity index (χ0v) is 13.5. The SMILES string of the molecule is Cc1onc(-c2ccc(C#N)cc2)c1NS(=O)(=O)c1ccccc1. The summed E-state index contributed by atoms with van der Waals surface area (Å²) in [5.41, 5.74) is 1.81. The monoisotopic (exact) mass is 339 g/mol. The maximum atomic E-state index is 12.5. The molecule has 0 fully saturated rings. The second kappa shape index (κ2) is 6.18. The number of nitrogens with one attached hydrogen (secondary N) is 1. The van der Waals surface area contributed by atoms with Crippen molar-refractivity contribution in [3.63, 3.8) is 0 Å². The fourth-order valence-corrected chi connectivity index (χ4v) is 3.33. The molecule has 1 heterocycles. The van der Waals surface area contributed by atoms with Gasteiger partial charge in [0.25, 0.3) is 10.0 Å². The van der Waals surface area contributed by atoms with Gasteiger partial charge in [-0.3, -0.25) is 4.72 Å². The summed E-state index contributed by atoms with van der Waals surface area (Å²) >= 11 is 0. The van der Waals surface area contributed by atoms with E-state index in [1.165, 1.54) is 12.1 Å². The first-order valence-electron chi connectivity index (χ1n) is 7.06. The van der Waals surface area contributed by atoms with E-state index in [1.807, 2.05) is 6.07 Å². The molecule has 6 nitrogen and oxygen atoms in total. The largest absolute Gasteiger partial charge is 0.359 e. The maximum absolute atomic E-state index is 12.5. The number of rotatable bonds is 4. The lowest BCUT2D eigenvalue weighted by molar-refractivity contribution is 0.400. The van der Waals surface area contributed by atoms with Crippen molar-refractivity contribution in [2.45, 2.75) is 11.8 Å². The zero-order valence-electron chi connectivity index (χ0n) is 12.7. The predicted molar refractivity (Wildman–Crippen MR) is 88.6 cm³/mol. The number of benzene rings is 2. The van der Waals surface area contributed by atoms with Gasteiger partial charge in [0.2, 0.25) is 0 Å². The lowest BCUT2D eigenvalue weighted by Gasteiger charge is -2.08. The summed E-state index contributed by atoms with van der Waals surface area (Å²) in [6, 6.07) is 16.7. The van der Waals surface area contributed by atoms with E-state index in [9.17, 15) is 8.42 Å². The summed E-state index contributed by atoms with van der Waals surface area (Å²) in [5.74, 6) is 0.355. The standard InChI is InChI=1S/C17H13N3O3S/c1-12-16(20-24(21,22)15-5-3-2-4-6-15)17(19-23-12)14-9-7-13(11-18)8-10-14/h2-10,20H,1H3. The van der Waals surface area contributed by atoms with Gasteiger partial charge in [0.15, 0.2) is 5.76 Å². The summed E-state index contributed by atoms with van der Waals surface area (Å²) < 4.78 is 32.7. The Morgan fingerprint density at radius 2 is 1.75 bits per heavy atom. The quantitative estimate of drug-likeness (QED) is 0.786. The minimum absolute atomic E-state index is 0.149. The molecule has 0 spiro atoms. The summed E-state index contributed by atoms with van der Waals surface area (Å²) in [7, 11) is -3.75. The fraction of sp³-hybridized carbons (Fsp3) is 0.0588. The van der Waals surface area contributed by atoms with E-state index in [2.05, 4.69) is 9.88 Å². The van der Waals surface area contributed by atoms with E-state index in [-0.39, 0.29) is 10.6 Å². The van der Waals surface area contributed by atoms with Crippen LogP contribution in [0, 0.1) is 18.3 Å². The van der Waals surface area contributed by atoms with Crippen molar-refractivity contribution >= 4 is 15.7 Å². The molecule has 1 aromatic heterocycles. The van der Waals surface area contributed by atoms with Crippen LogP contribution in [0.5, 0.6) is 0 Å². The van der Waals surface area contributed by atoms with Gasteiger partial charge in [-0.05, 0) is 31.2 Å². The van der Waals surface area contributed by atoms with Gasteiger partial charge in [-0.1, -0.05) is 35.5 Å². The number of aryl methyl sites for hydroxylation is 1. The van der Waals surface area contributed by atoms with Gasteiger partial charge in [0.1, 0.15) is 11.4 Å². The molecule has 0 radical (unpaired) electrons. The van der Waals surface area contributed by atoms with E-state index in [4.69, 9.17) is 9.78 Å². The van der Waals surface area contributed by atoms with Crippen molar-refractivity contribution in [2.75, 3.05) is 4.72 Å². The molecular weight excluding hydrogens is 326 g/mol. The third-order valence-corrected chi connectivity index (χ3v) is 4.81. The molecule has 120 valence electrons. The maximum Gasteiger partial charge on any atom is 0.262 e. The molecule has 3 rings (SSSR count). The lowest BCUT2D eigenvalue weighted by Crippen LogP contribution is -2.13. The van der Waals surface area contributed by atoms with Crippen molar-refractivity contribution in [3.05, 3.63) is 65.9 Å². The third-order valence-electron chi connectivity index (χ3n) is 3.44. The van der Waals surface area contributed by atoms with E-state index in [0.29, 0.717) is 22.6 Å². The van der Waals surface area contributed by atoms with Crippen LogP contribution in [0.25, 0.3) is 11.3 Å². The van der Waals surface area contributed by atoms with Gasteiger partial charge in [-0.15, -0.1) is 0 Å². The second-order valence-corrected chi connectivity index (χ2v) is 6.75. The minimum atomic E-state index is -3.75. The smallest absolute Gasteiger partial charge is 0.262 e. The molecular formula is C17H13N3O3S. The summed E-state index contributed by atoms with van der Waals surface area (Å²) in [6.07, 6.45) is 0. The minimum Gasteiger partial charge on any atom is -0.359 e. The van der Waals surface area contributed by atoms with Crippen LogP contribution in [0.15, 0.2) is 64.0 Å². The number of anilines is 1. The Hall–Kier alpha value is -3.11. The average molecular weight is 339 g/mol. The topological polar surface area (TPSA) is 96.0 Å². The lowest BCUT2D eigenvalue weighted by atomic mass is 10.1. The highest BCUT2D eigenvalue weighted by atomic mass is 32.2. The van der Waals surface area contributed by atoms with Crippen molar-refractivity contribution in [3.8, 4) is 17.3 Å². The van der Waals surface area contributed by atoms with Gasteiger partial charge >= 0.3 is 0 Å². The Labute approximate surface area is 139 Å². The van der Waals surface area contributed by atoms with Crippen molar-refractivity contribution < 1.29 is 12.9 Å². The fourth-order valence-electron chi connectivity index (χ4n) is 2.18. The van der Waals surface area contributed by atoms with Crippen LogP contribution in [-0.2, 0) is 10.0 Å². The Morgan fingerprint density at radius 3 is 2.38 bits per heavy atom. The van der Waals surface area contributed by atoms with Crippen LogP contribution in [0.1, 0.15) is 11.3 Å². The summed E-state index contributed by atoms with van der Waals surface area (Å²) in [5, 5.41) is 12.8. The molecule has 7 heteroatoms.